The maximum absolute atomic E-state index is 13.0. The average molecular weight is 366 g/mol. The zero-order valence-electron chi connectivity index (χ0n) is 14.8. The molecule has 2 amide bonds. The molecule has 0 spiro atoms. The summed E-state index contributed by atoms with van der Waals surface area (Å²) in [5.41, 5.74) is 0.939. The molecule has 2 atom stereocenters. The van der Waals surface area contributed by atoms with Crippen molar-refractivity contribution in [2.24, 2.45) is 0 Å². The number of hydrogen-bond acceptors (Lipinski definition) is 3. The van der Waals surface area contributed by atoms with Gasteiger partial charge in [-0.2, -0.15) is 11.8 Å². The van der Waals surface area contributed by atoms with Crippen LogP contribution in [-0.4, -0.2) is 47.6 Å². The summed E-state index contributed by atoms with van der Waals surface area (Å²) in [6.45, 7) is 1.53. The Labute approximate surface area is 153 Å². The van der Waals surface area contributed by atoms with E-state index >= 15 is 0 Å². The van der Waals surface area contributed by atoms with Crippen molar-refractivity contribution in [3.63, 3.8) is 0 Å². The molecule has 1 saturated heterocycles. The van der Waals surface area contributed by atoms with Crippen LogP contribution in [0.25, 0.3) is 0 Å². The number of urea groups is 1. The van der Waals surface area contributed by atoms with Gasteiger partial charge in [-0.25, -0.2) is 9.18 Å². The van der Waals surface area contributed by atoms with Crippen molar-refractivity contribution in [2.45, 2.75) is 55.9 Å². The molecule has 0 bridgehead atoms. The van der Waals surface area contributed by atoms with Gasteiger partial charge in [-0.05, 0) is 62.6 Å². The molecule has 1 aliphatic carbocycles. The molecule has 138 valence electrons. The lowest BCUT2D eigenvalue weighted by atomic mass is 9.95. The summed E-state index contributed by atoms with van der Waals surface area (Å²) in [4.78, 5) is 14.4. The van der Waals surface area contributed by atoms with E-state index in [2.05, 4.69) is 16.9 Å². The molecule has 4 nitrogen and oxygen atoms in total. The fourth-order valence-corrected chi connectivity index (χ4v) is 4.59. The molecule has 1 aromatic carbocycles. The molecule has 25 heavy (non-hydrogen) atoms. The molecule has 0 aromatic heterocycles. The minimum absolute atomic E-state index is 0.0898. The van der Waals surface area contributed by atoms with Gasteiger partial charge in [0.1, 0.15) is 5.82 Å². The molecule has 1 aromatic rings. The second kappa shape index (κ2) is 8.79. The standard InChI is InChI=1S/C19H28FN3OS/c1-25-18-4-2-3-17(13-18)22-19(24)23-11-9-16(10-12-23)21-15-7-5-14(20)6-8-15/h5-8,16-18,21H,2-4,9-13H2,1H3,(H,22,24)/t17-,18-/m1/s1. The lowest BCUT2D eigenvalue weighted by molar-refractivity contribution is 0.177. The van der Waals surface area contributed by atoms with E-state index < -0.39 is 0 Å². The number of rotatable bonds is 4. The van der Waals surface area contributed by atoms with Gasteiger partial charge < -0.3 is 15.5 Å². The number of carbonyl (C=O) groups excluding carboxylic acids is 1. The van der Waals surface area contributed by atoms with Crippen LogP contribution in [0.1, 0.15) is 38.5 Å². The second-order valence-electron chi connectivity index (χ2n) is 7.08. The number of piperidine rings is 1. The maximum atomic E-state index is 13.0. The molecule has 1 heterocycles. The molecule has 0 unspecified atom stereocenters. The van der Waals surface area contributed by atoms with E-state index in [1.165, 1.54) is 25.0 Å². The number of nitrogens with one attached hydrogen (secondary N) is 2. The van der Waals surface area contributed by atoms with Crippen molar-refractivity contribution in [1.82, 2.24) is 10.2 Å². The van der Waals surface area contributed by atoms with E-state index in [4.69, 9.17) is 0 Å². The van der Waals surface area contributed by atoms with Gasteiger partial charge in [0.15, 0.2) is 0 Å². The van der Waals surface area contributed by atoms with Crippen molar-refractivity contribution in [2.75, 3.05) is 24.7 Å². The fourth-order valence-electron chi connectivity index (χ4n) is 3.76. The number of thioether (sulfide) groups is 1. The lowest BCUT2D eigenvalue weighted by Crippen LogP contribution is -2.50. The predicted octanol–water partition coefficient (Wildman–Crippen LogP) is 4.09. The molecular weight excluding hydrogens is 337 g/mol. The van der Waals surface area contributed by atoms with Crippen LogP contribution in [0, 0.1) is 5.82 Å². The summed E-state index contributed by atoms with van der Waals surface area (Å²) >= 11 is 1.92. The topological polar surface area (TPSA) is 44.4 Å². The normalized spacial score (nSPS) is 24.8. The van der Waals surface area contributed by atoms with E-state index in [0.717, 1.165) is 44.5 Å². The third-order valence-corrected chi connectivity index (χ3v) is 6.38. The van der Waals surface area contributed by atoms with E-state index in [1.807, 2.05) is 16.7 Å². The maximum Gasteiger partial charge on any atom is 0.317 e. The van der Waals surface area contributed by atoms with Crippen LogP contribution in [0.2, 0.25) is 0 Å². The first-order chi connectivity index (χ1) is 12.1. The van der Waals surface area contributed by atoms with Crippen LogP contribution < -0.4 is 10.6 Å². The number of anilines is 1. The van der Waals surface area contributed by atoms with E-state index in [-0.39, 0.29) is 11.8 Å². The van der Waals surface area contributed by atoms with Crippen molar-refractivity contribution >= 4 is 23.5 Å². The summed E-state index contributed by atoms with van der Waals surface area (Å²) in [5.74, 6) is -0.219. The molecular formula is C19H28FN3OS. The highest BCUT2D eigenvalue weighted by Gasteiger charge is 2.27. The van der Waals surface area contributed by atoms with E-state index in [0.29, 0.717) is 17.3 Å². The van der Waals surface area contributed by atoms with Crippen LogP contribution in [0.4, 0.5) is 14.9 Å². The average Bonchev–Trinajstić information content (AvgIpc) is 2.64. The van der Waals surface area contributed by atoms with Crippen molar-refractivity contribution < 1.29 is 9.18 Å². The number of likely N-dealkylation sites (tertiary alicyclic amines) is 1. The number of nitrogens with zero attached hydrogens (tertiary/aromatic N) is 1. The molecule has 3 rings (SSSR count). The van der Waals surface area contributed by atoms with Crippen LogP contribution >= 0.6 is 11.8 Å². The number of halogens is 1. The SMILES string of the molecule is CS[C@@H]1CCC[C@@H](NC(=O)N2CCC(Nc3ccc(F)cc3)CC2)C1. The van der Waals surface area contributed by atoms with Gasteiger partial charge >= 0.3 is 6.03 Å². The minimum Gasteiger partial charge on any atom is -0.382 e. The summed E-state index contributed by atoms with van der Waals surface area (Å²) in [6, 6.07) is 7.22. The Morgan fingerprint density at radius 2 is 1.84 bits per heavy atom. The Kier molecular flexibility index (Phi) is 6.45. The van der Waals surface area contributed by atoms with Gasteiger partial charge in [-0.3, -0.25) is 0 Å². The molecule has 2 fully saturated rings. The summed E-state index contributed by atoms with van der Waals surface area (Å²) in [6.07, 6.45) is 8.68. The molecule has 0 radical (unpaired) electrons. The zero-order valence-corrected chi connectivity index (χ0v) is 15.7. The Balaban J connectivity index is 1.42. The van der Waals surface area contributed by atoms with Crippen molar-refractivity contribution in [1.29, 1.82) is 0 Å². The molecule has 2 aliphatic rings. The fraction of sp³-hybridized carbons (Fsp3) is 0.632. The first-order valence-electron chi connectivity index (χ1n) is 9.24. The van der Waals surface area contributed by atoms with Gasteiger partial charge in [-0.1, -0.05) is 6.42 Å². The van der Waals surface area contributed by atoms with Crippen LogP contribution in [0.5, 0.6) is 0 Å². The number of benzene rings is 1. The van der Waals surface area contributed by atoms with Crippen molar-refractivity contribution in [3.05, 3.63) is 30.1 Å². The van der Waals surface area contributed by atoms with Gasteiger partial charge in [0.2, 0.25) is 0 Å². The van der Waals surface area contributed by atoms with Crippen LogP contribution in [0.15, 0.2) is 24.3 Å². The third kappa shape index (κ3) is 5.27. The van der Waals surface area contributed by atoms with Crippen LogP contribution in [0.3, 0.4) is 0 Å². The second-order valence-corrected chi connectivity index (χ2v) is 8.22. The number of carbonyl (C=O) groups is 1. The third-order valence-electron chi connectivity index (χ3n) is 5.28. The summed E-state index contributed by atoms with van der Waals surface area (Å²) in [7, 11) is 0. The first-order valence-corrected chi connectivity index (χ1v) is 10.5. The monoisotopic (exact) mass is 365 g/mol. The Bertz CT molecular complexity index is 560. The Morgan fingerprint density at radius 1 is 1.12 bits per heavy atom. The largest absolute Gasteiger partial charge is 0.382 e. The zero-order chi connectivity index (χ0) is 17.6. The van der Waals surface area contributed by atoms with Gasteiger partial charge in [-0.15, -0.1) is 0 Å². The predicted molar refractivity (Wildman–Crippen MR) is 103 cm³/mol. The van der Waals surface area contributed by atoms with Crippen LogP contribution in [-0.2, 0) is 0 Å². The van der Waals surface area contributed by atoms with Gasteiger partial charge in [0.05, 0.1) is 0 Å². The smallest absolute Gasteiger partial charge is 0.317 e. The Hall–Kier alpha value is -1.43. The minimum atomic E-state index is -0.219. The highest BCUT2D eigenvalue weighted by Crippen LogP contribution is 2.27. The van der Waals surface area contributed by atoms with Crippen molar-refractivity contribution in [3.8, 4) is 0 Å². The summed E-state index contributed by atoms with van der Waals surface area (Å²) in [5, 5.41) is 7.35. The highest BCUT2D eigenvalue weighted by atomic mass is 32.2. The number of amides is 2. The molecule has 6 heteroatoms. The highest BCUT2D eigenvalue weighted by molar-refractivity contribution is 7.99. The molecule has 1 saturated carbocycles. The van der Waals surface area contributed by atoms with Gasteiger partial charge in [0, 0.05) is 36.1 Å². The number of hydrogen-bond donors (Lipinski definition) is 2. The quantitative estimate of drug-likeness (QED) is 0.845. The van der Waals surface area contributed by atoms with Gasteiger partial charge in [0.25, 0.3) is 0 Å². The Morgan fingerprint density at radius 3 is 2.52 bits per heavy atom. The first kappa shape index (κ1) is 18.4. The molecule has 1 aliphatic heterocycles. The molecule has 2 N–H and O–H groups in total. The summed E-state index contributed by atoms with van der Waals surface area (Å²) < 4.78 is 13.0. The van der Waals surface area contributed by atoms with E-state index in [9.17, 15) is 9.18 Å². The lowest BCUT2D eigenvalue weighted by Gasteiger charge is -2.35. The van der Waals surface area contributed by atoms with E-state index in [1.54, 1.807) is 12.1 Å².